The minimum absolute atomic E-state index is 0.0256. The van der Waals surface area contributed by atoms with Crippen molar-refractivity contribution < 1.29 is 9.47 Å². The summed E-state index contributed by atoms with van der Waals surface area (Å²) in [5.41, 5.74) is 2.88. The Hall–Kier alpha value is -1.17. The third-order valence-corrected chi connectivity index (χ3v) is 3.69. The van der Waals surface area contributed by atoms with Gasteiger partial charge < -0.3 is 14.0 Å². The molecule has 0 aromatic carbocycles. The Kier molecular flexibility index (Phi) is 3.92. The van der Waals surface area contributed by atoms with Gasteiger partial charge in [-0.3, -0.25) is 0 Å². The molecule has 0 radical (unpaired) electrons. The third-order valence-electron chi connectivity index (χ3n) is 3.49. The van der Waals surface area contributed by atoms with Gasteiger partial charge in [-0.15, -0.1) is 11.6 Å². The maximum atomic E-state index is 6.27. The maximum absolute atomic E-state index is 6.27. The van der Waals surface area contributed by atoms with Crippen LogP contribution in [0.5, 0.6) is 0 Å². The third kappa shape index (κ3) is 2.53. The van der Waals surface area contributed by atoms with Crippen molar-refractivity contribution in [1.82, 2.24) is 14.5 Å². The van der Waals surface area contributed by atoms with Crippen LogP contribution in [-0.4, -0.2) is 40.5 Å². The first-order chi connectivity index (χ1) is 9.66. The van der Waals surface area contributed by atoms with Crippen LogP contribution in [0.2, 0.25) is 0 Å². The van der Waals surface area contributed by atoms with Gasteiger partial charge in [0.05, 0.1) is 37.8 Å². The van der Waals surface area contributed by atoms with E-state index in [4.69, 9.17) is 21.1 Å². The molecule has 1 aliphatic rings. The molecule has 2 unspecified atom stereocenters. The van der Waals surface area contributed by atoms with E-state index in [-0.39, 0.29) is 11.5 Å². The number of aromatic nitrogens is 3. The van der Waals surface area contributed by atoms with Crippen LogP contribution in [0.3, 0.4) is 0 Å². The average molecular weight is 296 g/mol. The summed E-state index contributed by atoms with van der Waals surface area (Å²) in [6.45, 7) is 6.52. The van der Waals surface area contributed by atoms with Crippen LogP contribution < -0.4 is 0 Å². The Morgan fingerprint density at radius 1 is 1.50 bits per heavy atom. The number of pyridine rings is 1. The van der Waals surface area contributed by atoms with Crippen molar-refractivity contribution >= 4 is 22.8 Å². The first-order valence-electron chi connectivity index (χ1n) is 6.82. The summed E-state index contributed by atoms with van der Waals surface area (Å²) in [5.74, 6) is 0.831. The van der Waals surface area contributed by atoms with Gasteiger partial charge in [-0.25, -0.2) is 9.97 Å². The zero-order valence-corrected chi connectivity index (χ0v) is 12.4. The second-order valence-corrected chi connectivity index (χ2v) is 5.72. The van der Waals surface area contributed by atoms with Crippen molar-refractivity contribution in [2.75, 3.05) is 19.8 Å². The van der Waals surface area contributed by atoms with Gasteiger partial charge in [0.1, 0.15) is 11.3 Å². The Labute approximate surface area is 122 Å². The van der Waals surface area contributed by atoms with E-state index in [1.807, 2.05) is 19.9 Å². The van der Waals surface area contributed by atoms with Crippen LogP contribution in [0.15, 0.2) is 12.3 Å². The van der Waals surface area contributed by atoms with Gasteiger partial charge in [0.15, 0.2) is 5.65 Å². The van der Waals surface area contributed by atoms with Crippen molar-refractivity contribution in [2.45, 2.75) is 31.9 Å². The van der Waals surface area contributed by atoms with E-state index >= 15 is 0 Å². The summed E-state index contributed by atoms with van der Waals surface area (Å²) >= 11 is 6.27. The summed E-state index contributed by atoms with van der Waals surface area (Å²) in [4.78, 5) is 9.11. The quantitative estimate of drug-likeness (QED) is 0.816. The number of ether oxygens (including phenoxy) is 2. The lowest BCUT2D eigenvalue weighted by Gasteiger charge is -2.24. The van der Waals surface area contributed by atoms with Gasteiger partial charge >= 0.3 is 0 Å². The fraction of sp³-hybridized carbons (Fsp3) is 0.571. The molecule has 6 heteroatoms. The van der Waals surface area contributed by atoms with E-state index in [0.717, 1.165) is 22.6 Å². The number of hydrogen-bond acceptors (Lipinski definition) is 4. The molecular formula is C14H18ClN3O2. The van der Waals surface area contributed by atoms with E-state index in [1.54, 1.807) is 6.20 Å². The fourth-order valence-corrected chi connectivity index (χ4v) is 2.65. The van der Waals surface area contributed by atoms with Gasteiger partial charge in [0, 0.05) is 6.20 Å². The van der Waals surface area contributed by atoms with E-state index in [0.29, 0.717) is 26.4 Å². The van der Waals surface area contributed by atoms with Crippen LogP contribution >= 0.6 is 11.6 Å². The number of alkyl halides is 1. The molecule has 0 spiro atoms. The Bertz CT molecular complexity index is 606. The largest absolute Gasteiger partial charge is 0.376 e. The predicted molar refractivity (Wildman–Crippen MR) is 77.1 cm³/mol. The van der Waals surface area contributed by atoms with Gasteiger partial charge in [0.25, 0.3) is 0 Å². The molecule has 2 aromatic rings. The highest BCUT2D eigenvalue weighted by Gasteiger charge is 2.22. The first-order valence-corrected chi connectivity index (χ1v) is 7.25. The molecule has 2 aromatic heterocycles. The minimum atomic E-state index is -0.173. The van der Waals surface area contributed by atoms with Crippen molar-refractivity contribution in [1.29, 1.82) is 0 Å². The number of fused-ring (bicyclic) bond motifs is 1. The second-order valence-electron chi connectivity index (χ2n) is 5.06. The Morgan fingerprint density at radius 2 is 2.35 bits per heavy atom. The number of rotatable bonds is 3. The predicted octanol–water partition coefficient (Wildman–Crippen LogP) is 2.45. The summed E-state index contributed by atoms with van der Waals surface area (Å²) in [7, 11) is 0. The lowest BCUT2D eigenvalue weighted by molar-refractivity contribution is -0.0934. The molecular weight excluding hydrogens is 278 g/mol. The topological polar surface area (TPSA) is 49.2 Å². The fourth-order valence-electron chi connectivity index (χ4n) is 2.48. The van der Waals surface area contributed by atoms with Gasteiger partial charge in [-0.05, 0) is 25.5 Å². The first kappa shape index (κ1) is 13.8. The summed E-state index contributed by atoms with van der Waals surface area (Å²) < 4.78 is 13.2. The molecule has 1 saturated heterocycles. The number of aryl methyl sites for hydroxylation is 1. The molecule has 0 N–H and O–H groups in total. The van der Waals surface area contributed by atoms with Crippen LogP contribution in [-0.2, 0) is 16.0 Å². The molecule has 0 aliphatic carbocycles. The van der Waals surface area contributed by atoms with E-state index in [9.17, 15) is 0 Å². The molecule has 1 aliphatic heterocycles. The lowest BCUT2D eigenvalue weighted by Crippen LogP contribution is -2.32. The van der Waals surface area contributed by atoms with Gasteiger partial charge in [-0.1, -0.05) is 0 Å². The van der Waals surface area contributed by atoms with E-state index in [2.05, 4.69) is 14.5 Å². The number of halogens is 1. The monoisotopic (exact) mass is 295 g/mol. The Balaban J connectivity index is 2.02. The van der Waals surface area contributed by atoms with Crippen LogP contribution in [0, 0.1) is 6.92 Å². The molecule has 3 rings (SSSR count). The number of nitrogens with zero attached hydrogens (tertiary/aromatic N) is 3. The molecule has 0 bridgehead atoms. The molecule has 0 saturated carbocycles. The normalized spacial score (nSPS) is 21.2. The standard InChI is InChI=1S/C14H18ClN3O2/c1-9-3-4-16-14-12(9)17-13(10(2)15)18(14)7-11-8-19-5-6-20-11/h3-4,10-11H,5-8H2,1-2H3. The average Bonchev–Trinajstić information content (AvgIpc) is 2.81. The number of imidazole rings is 1. The SMILES string of the molecule is Cc1ccnc2c1nc(C(C)Cl)n2CC1COCCO1. The van der Waals surface area contributed by atoms with E-state index in [1.165, 1.54) is 0 Å². The second kappa shape index (κ2) is 5.68. The van der Waals surface area contributed by atoms with Gasteiger partial charge in [0.2, 0.25) is 0 Å². The smallest absolute Gasteiger partial charge is 0.160 e. The lowest BCUT2D eigenvalue weighted by atomic mass is 10.3. The van der Waals surface area contributed by atoms with Gasteiger partial charge in [-0.2, -0.15) is 0 Å². The van der Waals surface area contributed by atoms with Crippen molar-refractivity contribution in [3.63, 3.8) is 0 Å². The summed E-state index contributed by atoms with van der Waals surface area (Å²) in [6.07, 6.45) is 1.83. The summed E-state index contributed by atoms with van der Waals surface area (Å²) in [6, 6.07) is 1.96. The highest BCUT2D eigenvalue weighted by Crippen LogP contribution is 2.25. The zero-order chi connectivity index (χ0) is 14.1. The molecule has 108 valence electrons. The minimum Gasteiger partial charge on any atom is -0.376 e. The molecule has 5 nitrogen and oxygen atoms in total. The maximum Gasteiger partial charge on any atom is 0.160 e. The molecule has 2 atom stereocenters. The molecule has 1 fully saturated rings. The Morgan fingerprint density at radius 3 is 3.05 bits per heavy atom. The molecule has 20 heavy (non-hydrogen) atoms. The van der Waals surface area contributed by atoms with Crippen LogP contribution in [0.25, 0.3) is 11.2 Å². The van der Waals surface area contributed by atoms with Crippen molar-refractivity contribution in [2.24, 2.45) is 0 Å². The van der Waals surface area contributed by atoms with Crippen LogP contribution in [0.1, 0.15) is 23.7 Å². The van der Waals surface area contributed by atoms with Crippen LogP contribution in [0.4, 0.5) is 0 Å². The van der Waals surface area contributed by atoms with E-state index < -0.39 is 0 Å². The highest BCUT2D eigenvalue weighted by atomic mass is 35.5. The van der Waals surface area contributed by atoms with Crippen molar-refractivity contribution in [3.8, 4) is 0 Å². The summed E-state index contributed by atoms with van der Waals surface area (Å²) in [5, 5.41) is -0.173. The molecule has 3 heterocycles. The number of hydrogen-bond donors (Lipinski definition) is 0. The molecule has 0 amide bonds. The highest BCUT2D eigenvalue weighted by molar-refractivity contribution is 6.20. The zero-order valence-electron chi connectivity index (χ0n) is 11.7. The van der Waals surface area contributed by atoms with Crippen molar-refractivity contribution in [3.05, 3.63) is 23.7 Å².